The van der Waals surface area contributed by atoms with E-state index < -0.39 is 0 Å². The van der Waals surface area contributed by atoms with Crippen molar-refractivity contribution in [1.29, 1.82) is 0 Å². The molecule has 0 bridgehead atoms. The van der Waals surface area contributed by atoms with Gasteiger partial charge in [-0.1, -0.05) is 6.07 Å². The molecule has 2 N–H and O–H groups in total. The normalized spacial score (nSPS) is 18.4. The van der Waals surface area contributed by atoms with Gasteiger partial charge in [-0.05, 0) is 61.1 Å². The smallest absolute Gasteiger partial charge is 0.0648 e. The minimum absolute atomic E-state index is 0.554. The first-order valence-corrected chi connectivity index (χ1v) is 6.12. The summed E-state index contributed by atoms with van der Waals surface area (Å²) in [6, 6.07) is 6.60. The van der Waals surface area contributed by atoms with Crippen LogP contribution in [0.1, 0.15) is 29.0 Å². The molecule has 0 saturated carbocycles. The number of nitrogens with zero attached hydrogens (tertiary/aromatic N) is 2. The molecule has 0 saturated heterocycles. The van der Waals surface area contributed by atoms with Crippen molar-refractivity contribution in [2.75, 3.05) is 6.54 Å². The Labute approximate surface area is 101 Å². The monoisotopic (exact) mass is 227 g/mol. The molecule has 1 aromatic heterocycles. The number of rotatable bonds is 2. The summed E-state index contributed by atoms with van der Waals surface area (Å²) in [5.74, 6) is 0.554. The minimum atomic E-state index is 0.554. The van der Waals surface area contributed by atoms with Crippen LogP contribution in [0.2, 0.25) is 0 Å². The Bertz CT molecular complexity index is 542. The molecule has 88 valence electrons. The van der Waals surface area contributed by atoms with E-state index in [-0.39, 0.29) is 0 Å². The summed E-state index contributed by atoms with van der Waals surface area (Å²) in [6.45, 7) is 2.81. The molecule has 17 heavy (non-hydrogen) atoms. The number of hydrogen-bond donors (Lipinski definition) is 1. The Morgan fingerprint density at radius 3 is 3.06 bits per heavy atom. The molecular weight excluding hydrogens is 210 g/mol. The van der Waals surface area contributed by atoms with Gasteiger partial charge in [0.15, 0.2) is 0 Å². The van der Waals surface area contributed by atoms with Gasteiger partial charge in [0, 0.05) is 6.20 Å². The molecule has 0 fully saturated rings. The number of nitrogens with two attached hydrogens (primary N) is 1. The first-order valence-electron chi connectivity index (χ1n) is 6.12. The van der Waals surface area contributed by atoms with Gasteiger partial charge >= 0.3 is 0 Å². The Hall–Kier alpha value is -1.61. The van der Waals surface area contributed by atoms with Crippen LogP contribution in [-0.4, -0.2) is 16.3 Å². The van der Waals surface area contributed by atoms with Crippen LogP contribution in [0.15, 0.2) is 30.6 Å². The molecule has 0 amide bonds. The SMILES string of the molecule is Cc1cnn(-c2ccc3c(c2)CCC3CN)c1. The predicted octanol–water partition coefficient (Wildman–Crippen LogP) is 2.17. The number of hydrogen-bond acceptors (Lipinski definition) is 2. The summed E-state index contributed by atoms with van der Waals surface area (Å²) in [6.07, 6.45) is 6.27. The second-order valence-corrected chi connectivity index (χ2v) is 4.82. The highest BCUT2D eigenvalue weighted by atomic mass is 15.3. The standard InChI is InChI=1S/C14H17N3/c1-10-8-16-17(9-10)13-4-5-14-11(6-13)2-3-12(14)7-15/h4-6,8-9,12H,2-3,7,15H2,1H3. The van der Waals surface area contributed by atoms with Crippen molar-refractivity contribution in [3.63, 3.8) is 0 Å². The lowest BCUT2D eigenvalue weighted by molar-refractivity contribution is 0.688. The number of aryl methyl sites for hydroxylation is 2. The average Bonchev–Trinajstić information content (AvgIpc) is 2.94. The zero-order valence-corrected chi connectivity index (χ0v) is 10.1. The topological polar surface area (TPSA) is 43.8 Å². The molecule has 3 heteroatoms. The third-order valence-corrected chi connectivity index (χ3v) is 3.59. The van der Waals surface area contributed by atoms with Gasteiger partial charge in [0.25, 0.3) is 0 Å². The maximum atomic E-state index is 5.78. The maximum Gasteiger partial charge on any atom is 0.0648 e. The zero-order valence-electron chi connectivity index (χ0n) is 10.1. The van der Waals surface area contributed by atoms with Crippen molar-refractivity contribution in [3.8, 4) is 5.69 Å². The maximum absolute atomic E-state index is 5.78. The van der Waals surface area contributed by atoms with Crippen LogP contribution in [-0.2, 0) is 6.42 Å². The fourth-order valence-electron chi connectivity index (χ4n) is 2.63. The van der Waals surface area contributed by atoms with Gasteiger partial charge in [-0.2, -0.15) is 5.10 Å². The lowest BCUT2D eigenvalue weighted by atomic mass is 10.0. The van der Waals surface area contributed by atoms with Crippen LogP contribution < -0.4 is 5.73 Å². The predicted molar refractivity (Wildman–Crippen MR) is 68.4 cm³/mol. The van der Waals surface area contributed by atoms with Gasteiger partial charge in [-0.3, -0.25) is 0 Å². The van der Waals surface area contributed by atoms with Gasteiger partial charge in [0.2, 0.25) is 0 Å². The highest BCUT2D eigenvalue weighted by Gasteiger charge is 2.21. The Kier molecular flexibility index (Phi) is 2.48. The van der Waals surface area contributed by atoms with E-state index in [0.717, 1.165) is 18.7 Å². The minimum Gasteiger partial charge on any atom is -0.330 e. The molecule has 1 heterocycles. The van der Waals surface area contributed by atoms with Crippen molar-refractivity contribution in [2.45, 2.75) is 25.7 Å². The summed E-state index contributed by atoms with van der Waals surface area (Å²) >= 11 is 0. The van der Waals surface area contributed by atoms with Gasteiger partial charge in [-0.15, -0.1) is 0 Å². The molecule has 3 rings (SSSR count). The molecular formula is C14H17N3. The fourth-order valence-corrected chi connectivity index (χ4v) is 2.63. The van der Waals surface area contributed by atoms with Gasteiger partial charge < -0.3 is 5.73 Å². The summed E-state index contributed by atoms with van der Waals surface area (Å²) < 4.78 is 1.94. The Morgan fingerprint density at radius 2 is 2.35 bits per heavy atom. The van der Waals surface area contributed by atoms with Crippen molar-refractivity contribution < 1.29 is 0 Å². The van der Waals surface area contributed by atoms with Crippen LogP contribution in [0.4, 0.5) is 0 Å². The molecule has 3 nitrogen and oxygen atoms in total. The molecule has 1 unspecified atom stereocenters. The molecule has 2 aromatic rings. The molecule has 1 aliphatic rings. The van der Waals surface area contributed by atoms with Gasteiger partial charge in [-0.25, -0.2) is 4.68 Å². The molecule has 0 spiro atoms. The van der Waals surface area contributed by atoms with Crippen LogP contribution in [0.25, 0.3) is 5.69 Å². The largest absolute Gasteiger partial charge is 0.330 e. The number of aromatic nitrogens is 2. The molecule has 1 aromatic carbocycles. The lowest BCUT2D eigenvalue weighted by Gasteiger charge is -2.09. The van der Waals surface area contributed by atoms with E-state index in [1.165, 1.54) is 23.1 Å². The molecule has 1 aliphatic carbocycles. The Balaban J connectivity index is 2.00. The summed E-state index contributed by atoms with van der Waals surface area (Å²) in [5, 5.41) is 4.34. The summed E-state index contributed by atoms with van der Waals surface area (Å²) in [5.41, 5.74) is 11.0. The highest BCUT2D eigenvalue weighted by molar-refractivity contribution is 5.44. The van der Waals surface area contributed by atoms with Crippen LogP contribution >= 0.6 is 0 Å². The highest BCUT2D eigenvalue weighted by Crippen LogP contribution is 2.33. The Morgan fingerprint density at radius 1 is 1.47 bits per heavy atom. The molecule has 0 radical (unpaired) electrons. The van der Waals surface area contributed by atoms with Crippen LogP contribution in [0.5, 0.6) is 0 Å². The second kappa shape index (κ2) is 4.00. The first kappa shape index (κ1) is 10.5. The van der Waals surface area contributed by atoms with Gasteiger partial charge in [0.1, 0.15) is 0 Å². The van der Waals surface area contributed by atoms with Crippen LogP contribution in [0, 0.1) is 6.92 Å². The summed E-state index contributed by atoms with van der Waals surface area (Å²) in [4.78, 5) is 0. The summed E-state index contributed by atoms with van der Waals surface area (Å²) in [7, 11) is 0. The second-order valence-electron chi connectivity index (χ2n) is 4.82. The third-order valence-electron chi connectivity index (χ3n) is 3.59. The van der Waals surface area contributed by atoms with E-state index in [0.29, 0.717) is 5.92 Å². The van der Waals surface area contributed by atoms with Crippen molar-refractivity contribution in [3.05, 3.63) is 47.3 Å². The average molecular weight is 227 g/mol. The van der Waals surface area contributed by atoms with Gasteiger partial charge in [0.05, 0.1) is 11.9 Å². The number of benzene rings is 1. The van der Waals surface area contributed by atoms with E-state index in [2.05, 4.69) is 36.4 Å². The van der Waals surface area contributed by atoms with Crippen molar-refractivity contribution >= 4 is 0 Å². The van der Waals surface area contributed by atoms with E-state index in [1.54, 1.807) is 0 Å². The number of fused-ring (bicyclic) bond motifs is 1. The molecule has 1 atom stereocenters. The molecule has 0 aliphatic heterocycles. The van der Waals surface area contributed by atoms with E-state index in [9.17, 15) is 0 Å². The van der Waals surface area contributed by atoms with Crippen molar-refractivity contribution in [1.82, 2.24) is 9.78 Å². The quantitative estimate of drug-likeness (QED) is 0.854. The van der Waals surface area contributed by atoms with Crippen molar-refractivity contribution in [2.24, 2.45) is 5.73 Å². The fraction of sp³-hybridized carbons (Fsp3) is 0.357. The van der Waals surface area contributed by atoms with Crippen LogP contribution in [0.3, 0.4) is 0 Å². The first-order chi connectivity index (χ1) is 8.28. The van der Waals surface area contributed by atoms with E-state index in [4.69, 9.17) is 5.73 Å². The zero-order chi connectivity index (χ0) is 11.8. The third kappa shape index (κ3) is 1.76. The van der Waals surface area contributed by atoms with E-state index >= 15 is 0 Å². The lowest BCUT2D eigenvalue weighted by Crippen LogP contribution is -2.09. The van der Waals surface area contributed by atoms with E-state index in [1.807, 2.05) is 10.9 Å².